The normalized spacial score (nSPS) is 18.3. The third kappa shape index (κ3) is 3.62. The first-order valence-electron chi connectivity index (χ1n) is 9.28. The molecule has 1 aliphatic heterocycles. The van der Waals surface area contributed by atoms with Crippen LogP contribution in [0.4, 0.5) is 0 Å². The van der Waals surface area contributed by atoms with Crippen molar-refractivity contribution < 1.29 is 9.90 Å². The summed E-state index contributed by atoms with van der Waals surface area (Å²) in [6.07, 6.45) is 5.14. The fourth-order valence-electron chi connectivity index (χ4n) is 3.97. The molecule has 4 nitrogen and oxygen atoms in total. The van der Waals surface area contributed by atoms with Gasteiger partial charge in [0.2, 0.25) is 0 Å². The second-order valence-electron chi connectivity index (χ2n) is 6.91. The van der Waals surface area contributed by atoms with E-state index >= 15 is 0 Å². The molecule has 3 aromatic rings. The molecular formula is C23H22N2O2. The molecule has 136 valence electrons. The Kier molecular flexibility index (Phi) is 4.99. The molecule has 2 aromatic carbocycles. The van der Waals surface area contributed by atoms with Crippen LogP contribution < -0.4 is 0 Å². The number of carboxylic acids is 1. The van der Waals surface area contributed by atoms with E-state index in [9.17, 15) is 9.90 Å². The van der Waals surface area contributed by atoms with E-state index in [1.807, 2.05) is 30.3 Å². The van der Waals surface area contributed by atoms with Crippen LogP contribution in [0.15, 0.2) is 79.1 Å². The number of rotatable bonds is 5. The summed E-state index contributed by atoms with van der Waals surface area (Å²) < 4.78 is 0. The number of benzene rings is 2. The van der Waals surface area contributed by atoms with Crippen LogP contribution in [-0.4, -0.2) is 33.5 Å². The number of nitrogens with zero attached hydrogens (tertiary/aromatic N) is 2. The Morgan fingerprint density at radius 2 is 1.56 bits per heavy atom. The first-order valence-corrected chi connectivity index (χ1v) is 9.28. The molecule has 4 rings (SSSR count). The number of pyridine rings is 1. The van der Waals surface area contributed by atoms with Crippen LogP contribution in [0.5, 0.6) is 0 Å². The van der Waals surface area contributed by atoms with Gasteiger partial charge in [0.25, 0.3) is 0 Å². The third-order valence-corrected chi connectivity index (χ3v) is 5.27. The summed E-state index contributed by atoms with van der Waals surface area (Å²) in [6.45, 7) is 0.782. The second kappa shape index (κ2) is 7.72. The quantitative estimate of drug-likeness (QED) is 0.735. The molecular weight excluding hydrogens is 336 g/mol. The highest BCUT2D eigenvalue weighted by molar-refractivity contribution is 5.74. The zero-order chi connectivity index (χ0) is 18.6. The average Bonchev–Trinajstić information content (AvgIpc) is 3.20. The Morgan fingerprint density at radius 3 is 2.22 bits per heavy atom. The van der Waals surface area contributed by atoms with Crippen LogP contribution >= 0.6 is 0 Å². The highest BCUT2D eigenvalue weighted by atomic mass is 16.4. The molecule has 0 saturated carbocycles. The van der Waals surface area contributed by atoms with E-state index in [0.29, 0.717) is 6.42 Å². The predicted octanol–water partition coefficient (Wildman–Crippen LogP) is 4.39. The van der Waals surface area contributed by atoms with Gasteiger partial charge < -0.3 is 5.11 Å². The van der Waals surface area contributed by atoms with Gasteiger partial charge in [-0.25, -0.2) is 0 Å². The number of carbonyl (C=O) groups is 1. The van der Waals surface area contributed by atoms with Crippen molar-refractivity contribution >= 4 is 5.97 Å². The maximum atomic E-state index is 11.8. The van der Waals surface area contributed by atoms with Crippen molar-refractivity contribution in [2.24, 2.45) is 0 Å². The molecule has 2 unspecified atom stereocenters. The lowest BCUT2D eigenvalue weighted by atomic mass is 9.95. The van der Waals surface area contributed by atoms with Crippen LogP contribution in [0.1, 0.15) is 30.0 Å². The summed E-state index contributed by atoms with van der Waals surface area (Å²) >= 11 is 0. The minimum Gasteiger partial charge on any atom is -0.480 e. The van der Waals surface area contributed by atoms with E-state index < -0.39 is 12.0 Å². The topological polar surface area (TPSA) is 53.4 Å². The molecule has 2 atom stereocenters. The summed E-state index contributed by atoms with van der Waals surface area (Å²) in [7, 11) is 0. The van der Waals surface area contributed by atoms with Crippen LogP contribution in [-0.2, 0) is 4.79 Å². The molecule has 0 amide bonds. The Labute approximate surface area is 159 Å². The number of hydrogen-bond donors (Lipinski definition) is 1. The number of carboxylic acid groups (broad SMARTS) is 1. The van der Waals surface area contributed by atoms with Gasteiger partial charge >= 0.3 is 5.97 Å². The zero-order valence-corrected chi connectivity index (χ0v) is 15.0. The average molecular weight is 358 g/mol. The minimum absolute atomic E-state index is 0.0820. The van der Waals surface area contributed by atoms with Crippen molar-refractivity contribution in [3.05, 3.63) is 90.3 Å². The smallest absolute Gasteiger partial charge is 0.320 e. The van der Waals surface area contributed by atoms with Gasteiger partial charge in [-0.1, -0.05) is 54.6 Å². The molecule has 1 fully saturated rings. The zero-order valence-electron chi connectivity index (χ0n) is 15.0. The van der Waals surface area contributed by atoms with Crippen LogP contribution in [0.2, 0.25) is 0 Å². The minimum atomic E-state index is -0.743. The Morgan fingerprint density at radius 1 is 0.926 bits per heavy atom. The van der Waals surface area contributed by atoms with Gasteiger partial charge in [0.05, 0.1) is 6.04 Å². The first kappa shape index (κ1) is 17.4. The Bertz CT molecular complexity index is 895. The third-order valence-electron chi connectivity index (χ3n) is 5.27. The highest BCUT2D eigenvalue weighted by Crippen LogP contribution is 2.35. The van der Waals surface area contributed by atoms with Crippen molar-refractivity contribution in [1.29, 1.82) is 0 Å². The largest absolute Gasteiger partial charge is 0.480 e. The lowest BCUT2D eigenvalue weighted by Crippen LogP contribution is -2.39. The summed E-state index contributed by atoms with van der Waals surface area (Å²) in [5.74, 6) is -0.743. The van der Waals surface area contributed by atoms with Gasteiger partial charge in [-0.2, -0.15) is 0 Å². The number of aliphatic carboxylic acids is 1. The molecule has 0 aliphatic carbocycles. The lowest BCUT2D eigenvalue weighted by Gasteiger charge is -2.32. The number of aromatic nitrogens is 1. The summed E-state index contributed by atoms with van der Waals surface area (Å²) in [5, 5.41) is 9.67. The highest BCUT2D eigenvalue weighted by Gasteiger charge is 2.36. The van der Waals surface area contributed by atoms with E-state index in [1.54, 1.807) is 12.4 Å². The molecule has 0 radical (unpaired) electrons. The molecule has 1 saturated heterocycles. The van der Waals surface area contributed by atoms with Gasteiger partial charge in [0.15, 0.2) is 0 Å². The monoisotopic (exact) mass is 358 g/mol. The summed E-state index contributed by atoms with van der Waals surface area (Å²) in [4.78, 5) is 18.0. The van der Waals surface area contributed by atoms with Gasteiger partial charge in [-0.15, -0.1) is 0 Å². The van der Waals surface area contributed by atoms with Crippen molar-refractivity contribution in [3.63, 3.8) is 0 Å². The van der Waals surface area contributed by atoms with Crippen molar-refractivity contribution in [1.82, 2.24) is 9.88 Å². The Balaban J connectivity index is 1.72. The molecule has 1 N–H and O–H groups in total. The van der Waals surface area contributed by atoms with Crippen molar-refractivity contribution in [2.45, 2.75) is 24.9 Å². The van der Waals surface area contributed by atoms with E-state index in [0.717, 1.165) is 29.7 Å². The molecule has 0 bridgehead atoms. The fourth-order valence-corrected chi connectivity index (χ4v) is 3.97. The van der Waals surface area contributed by atoms with E-state index in [4.69, 9.17) is 0 Å². The van der Waals surface area contributed by atoms with E-state index in [1.165, 1.54) is 5.56 Å². The maximum absolute atomic E-state index is 11.8. The van der Waals surface area contributed by atoms with Gasteiger partial charge in [0.1, 0.15) is 6.04 Å². The SMILES string of the molecule is O=C(O)C1CCCN1C(c1ccncc1)c1ccc(-c2ccccc2)cc1. The van der Waals surface area contributed by atoms with Crippen LogP contribution in [0, 0.1) is 0 Å². The van der Waals surface area contributed by atoms with Crippen LogP contribution in [0.25, 0.3) is 11.1 Å². The van der Waals surface area contributed by atoms with E-state index in [-0.39, 0.29) is 6.04 Å². The van der Waals surface area contributed by atoms with Gasteiger partial charge in [-0.3, -0.25) is 14.7 Å². The number of likely N-dealkylation sites (tertiary alicyclic amines) is 1. The first-order chi connectivity index (χ1) is 13.2. The Hall–Kier alpha value is -2.98. The standard InChI is InChI=1S/C23H22N2O2/c26-23(27)21-7-4-16-25(21)22(20-12-14-24-15-13-20)19-10-8-18(9-11-19)17-5-2-1-3-6-17/h1-3,5-6,8-15,21-22H,4,7,16H2,(H,26,27). The molecule has 1 aliphatic rings. The van der Waals surface area contributed by atoms with Crippen molar-refractivity contribution in [2.75, 3.05) is 6.54 Å². The van der Waals surface area contributed by atoms with E-state index in [2.05, 4.69) is 46.3 Å². The molecule has 1 aromatic heterocycles. The molecule has 0 spiro atoms. The van der Waals surface area contributed by atoms with Crippen molar-refractivity contribution in [3.8, 4) is 11.1 Å². The maximum Gasteiger partial charge on any atom is 0.320 e. The fraction of sp³-hybridized carbons (Fsp3) is 0.217. The number of hydrogen-bond acceptors (Lipinski definition) is 3. The second-order valence-corrected chi connectivity index (χ2v) is 6.91. The van der Waals surface area contributed by atoms with Gasteiger partial charge in [0, 0.05) is 18.9 Å². The van der Waals surface area contributed by atoms with Gasteiger partial charge in [-0.05, 0) is 47.2 Å². The molecule has 4 heteroatoms. The lowest BCUT2D eigenvalue weighted by molar-refractivity contribution is -0.142. The van der Waals surface area contributed by atoms with Crippen LogP contribution in [0.3, 0.4) is 0 Å². The molecule has 27 heavy (non-hydrogen) atoms. The predicted molar refractivity (Wildman–Crippen MR) is 105 cm³/mol. The summed E-state index contributed by atoms with van der Waals surface area (Å²) in [6, 6.07) is 22.2. The summed E-state index contributed by atoms with van der Waals surface area (Å²) in [5.41, 5.74) is 4.51. The molecule has 2 heterocycles.